The third kappa shape index (κ3) is 2.13. The Bertz CT molecular complexity index is 199. The predicted molar refractivity (Wildman–Crippen MR) is 51.9 cm³/mol. The van der Waals surface area contributed by atoms with Crippen molar-refractivity contribution in [3.8, 4) is 0 Å². The van der Waals surface area contributed by atoms with Gasteiger partial charge < -0.3 is 4.74 Å². The summed E-state index contributed by atoms with van der Waals surface area (Å²) in [5.74, 6) is 1.08. The smallest absolute Gasteiger partial charge is 0.202 e. The summed E-state index contributed by atoms with van der Waals surface area (Å²) >= 11 is 6.09. The van der Waals surface area contributed by atoms with E-state index in [1.165, 1.54) is 0 Å². The van der Waals surface area contributed by atoms with Crippen LogP contribution in [-0.2, 0) is 4.74 Å². The molecule has 0 spiro atoms. The Hall–Kier alpha value is -0.240. The van der Waals surface area contributed by atoms with E-state index in [1.807, 2.05) is 13.8 Å². The summed E-state index contributed by atoms with van der Waals surface area (Å²) < 4.78 is 5.41. The quantitative estimate of drug-likeness (QED) is 0.612. The van der Waals surface area contributed by atoms with Crippen molar-refractivity contribution in [2.45, 2.75) is 38.6 Å². The van der Waals surface area contributed by atoms with E-state index in [1.54, 1.807) is 0 Å². The molecule has 0 saturated carbocycles. The molecular formula is C9H16ClNO. The van der Waals surface area contributed by atoms with E-state index in [2.05, 4.69) is 18.8 Å². The molecule has 0 bridgehead atoms. The van der Waals surface area contributed by atoms with Crippen LogP contribution in [0.15, 0.2) is 4.99 Å². The fourth-order valence-electron chi connectivity index (χ4n) is 1.04. The monoisotopic (exact) mass is 189 g/mol. The van der Waals surface area contributed by atoms with Gasteiger partial charge in [-0.25, -0.2) is 4.99 Å². The molecule has 1 rings (SSSR count). The van der Waals surface area contributed by atoms with Gasteiger partial charge in [0.15, 0.2) is 0 Å². The maximum absolute atomic E-state index is 6.09. The van der Waals surface area contributed by atoms with Crippen molar-refractivity contribution in [3.05, 3.63) is 0 Å². The van der Waals surface area contributed by atoms with E-state index >= 15 is 0 Å². The Balaban J connectivity index is 2.66. The van der Waals surface area contributed by atoms with Crippen molar-refractivity contribution in [1.82, 2.24) is 0 Å². The zero-order valence-corrected chi connectivity index (χ0v) is 8.85. The Labute approximate surface area is 79.0 Å². The summed E-state index contributed by atoms with van der Waals surface area (Å²) in [5.41, 5.74) is -0.0859. The standard InChI is InChI=1S/C9H16ClNO/c1-6(2)7(10)8-11-9(3,4)5-12-8/h6-7H,5H2,1-4H3. The summed E-state index contributed by atoms with van der Waals surface area (Å²) in [6.45, 7) is 8.87. The minimum atomic E-state index is -0.0859. The van der Waals surface area contributed by atoms with Crippen LogP contribution < -0.4 is 0 Å². The third-order valence-electron chi connectivity index (χ3n) is 1.81. The molecule has 0 aromatic carbocycles. The summed E-state index contributed by atoms with van der Waals surface area (Å²) in [4.78, 5) is 4.40. The first-order chi connectivity index (χ1) is 5.42. The zero-order valence-electron chi connectivity index (χ0n) is 8.10. The van der Waals surface area contributed by atoms with Crippen molar-refractivity contribution in [1.29, 1.82) is 0 Å². The van der Waals surface area contributed by atoms with E-state index in [0.717, 1.165) is 0 Å². The van der Waals surface area contributed by atoms with Gasteiger partial charge in [0.25, 0.3) is 0 Å². The van der Waals surface area contributed by atoms with Gasteiger partial charge in [-0.1, -0.05) is 13.8 Å². The van der Waals surface area contributed by atoms with Gasteiger partial charge in [0.2, 0.25) is 5.90 Å². The molecule has 0 aromatic heterocycles. The highest BCUT2D eigenvalue weighted by atomic mass is 35.5. The van der Waals surface area contributed by atoms with Crippen molar-refractivity contribution in [2.24, 2.45) is 10.9 Å². The maximum Gasteiger partial charge on any atom is 0.202 e. The fraction of sp³-hybridized carbons (Fsp3) is 0.889. The fourth-order valence-corrected chi connectivity index (χ4v) is 1.15. The second-order valence-corrected chi connectivity index (χ2v) is 4.67. The van der Waals surface area contributed by atoms with Gasteiger partial charge in [-0.05, 0) is 19.8 Å². The van der Waals surface area contributed by atoms with Crippen LogP contribution in [0, 0.1) is 5.92 Å². The number of hydrogen-bond acceptors (Lipinski definition) is 2. The molecule has 0 aromatic rings. The summed E-state index contributed by atoms with van der Waals surface area (Å²) in [6.07, 6.45) is 0. The largest absolute Gasteiger partial charge is 0.477 e. The predicted octanol–water partition coefficient (Wildman–Crippen LogP) is 2.46. The van der Waals surface area contributed by atoms with Crippen LogP contribution in [0.25, 0.3) is 0 Å². The van der Waals surface area contributed by atoms with Crippen molar-refractivity contribution >= 4 is 17.5 Å². The summed E-state index contributed by atoms with van der Waals surface area (Å²) in [5, 5.41) is -0.0771. The van der Waals surface area contributed by atoms with Crippen LogP contribution in [0.5, 0.6) is 0 Å². The molecule has 12 heavy (non-hydrogen) atoms. The second-order valence-electron chi connectivity index (χ2n) is 4.20. The molecule has 70 valence electrons. The number of rotatable bonds is 2. The van der Waals surface area contributed by atoms with E-state index < -0.39 is 0 Å². The molecule has 1 atom stereocenters. The lowest BCUT2D eigenvalue weighted by molar-refractivity contribution is 0.271. The molecule has 0 radical (unpaired) electrons. The molecular weight excluding hydrogens is 174 g/mol. The van der Waals surface area contributed by atoms with E-state index in [-0.39, 0.29) is 10.9 Å². The molecule has 1 heterocycles. The highest BCUT2D eigenvalue weighted by Crippen LogP contribution is 2.23. The maximum atomic E-state index is 6.09. The number of ether oxygens (including phenoxy) is 1. The summed E-state index contributed by atoms with van der Waals surface area (Å²) in [6, 6.07) is 0. The van der Waals surface area contributed by atoms with Gasteiger partial charge >= 0.3 is 0 Å². The Morgan fingerprint density at radius 1 is 1.50 bits per heavy atom. The highest BCUT2D eigenvalue weighted by Gasteiger charge is 2.31. The molecule has 0 aliphatic carbocycles. The number of nitrogens with zero attached hydrogens (tertiary/aromatic N) is 1. The topological polar surface area (TPSA) is 21.6 Å². The Morgan fingerprint density at radius 3 is 2.42 bits per heavy atom. The molecule has 0 fully saturated rings. The van der Waals surface area contributed by atoms with Gasteiger partial charge in [-0.15, -0.1) is 11.6 Å². The molecule has 1 aliphatic rings. The van der Waals surface area contributed by atoms with Crippen LogP contribution in [0.4, 0.5) is 0 Å². The Morgan fingerprint density at radius 2 is 2.08 bits per heavy atom. The zero-order chi connectivity index (χ0) is 9.35. The molecule has 0 amide bonds. The lowest BCUT2D eigenvalue weighted by atomic mass is 10.1. The van der Waals surface area contributed by atoms with Crippen LogP contribution in [-0.4, -0.2) is 23.4 Å². The molecule has 3 heteroatoms. The molecule has 1 unspecified atom stereocenters. The lowest BCUT2D eigenvalue weighted by Crippen LogP contribution is -2.20. The number of aliphatic imine (C=N–C) groups is 1. The lowest BCUT2D eigenvalue weighted by Gasteiger charge is -2.11. The third-order valence-corrected chi connectivity index (χ3v) is 2.50. The number of halogens is 1. The van der Waals surface area contributed by atoms with Crippen molar-refractivity contribution < 1.29 is 4.74 Å². The SMILES string of the molecule is CC(C)C(Cl)C1=NC(C)(C)CO1. The highest BCUT2D eigenvalue weighted by molar-refractivity contribution is 6.31. The number of alkyl halides is 1. The average molecular weight is 190 g/mol. The first-order valence-corrected chi connectivity index (χ1v) is 4.72. The normalized spacial score (nSPS) is 23.7. The van der Waals surface area contributed by atoms with Gasteiger partial charge in [0.1, 0.15) is 12.0 Å². The van der Waals surface area contributed by atoms with Crippen LogP contribution in [0.3, 0.4) is 0 Å². The molecule has 2 nitrogen and oxygen atoms in total. The van der Waals surface area contributed by atoms with E-state index in [0.29, 0.717) is 18.4 Å². The first-order valence-electron chi connectivity index (χ1n) is 4.29. The average Bonchev–Trinajstić information content (AvgIpc) is 2.28. The molecule has 0 N–H and O–H groups in total. The molecule has 0 saturated heterocycles. The van der Waals surface area contributed by atoms with Crippen molar-refractivity contribution in [3.63, 3.8) is 0 Å². The second kappa shape index (κ2) is 3.25. The van der Waals surface area contributed by atoms with Gasteiger partial charge in [0, 0.05) is 0 Å². The Kier molecular flexibility index (Phi) is 2.67. The number of hydrogen-bond donors (Lipinski definition) is 0. The minimum absolute atomic E-state index is 0.0771. The first kappa shape index (κ1) is 9.85. The molecule has 1 aliphatic heterocycles. The van der Waals surface area contributed by atoms with Crippen LogP contribution in [0.1, 0.15) is 27.7 Å². The van der Waals surface area contributed by atoms with Gasteiger partial charge in [0.05, 0.1) is 5.54 Å². The van der Waals surface area contributed by atoms with Crippen LogP contribution >= 0.6 is 11.6 Å². The van der Waals surface area contributed by atoms with Crippen LogP contribution in [0.2, 0.25) is 0 Å². The van der Waals surface area contributed by atoms with Gasteiger partial charge in [-0.2, -0.15) is 0 Å². The summed E-state index contributed by atoms with van der Waals surface area (Å²) in [7, 11) is 0. The van der Waals surface area contributed by atoms with Crippen molar-refractivity contribution in [2.75, 3.05) is 6.61 Å². The van der Waals surface area contributed by atoms with Gasteiger partial charge in [-0.3, -0.25) is 0 Å². The van der Waals surface area contributed by atoms with E-state index in [9.17, 15) is 0 Å². The van der Waals surface area contributed by atoms with E-state index in [4.69, 9.17) is 16.3 Å². The minimum Gasteiger partial charge on any atom is -0.477 e.